The molecule has 0 aromatic carbocycles. The van der Waals surface area contributed by atoms with Crippen molar-refractivity contribution in [2.45, 2.75) is 18.4 Å². The van der Waals surface area contributed by atoms with Crippen LogP contribution in [0.5, 0.6) is 0 Å². The Hall–Kier alpha value is -1.86. The molecular formula is C13H18N4O2S. The smallest absolute Gasteiger partial charge is 0.263 e. The molecule has 2 aromatic heterocycles. The highest BCUT2D eigenvalue weighted by atomic mass is 32.2. The van der Waals surface area contributed by atoms with Gasteiger partial charge in [-0.1, -0.05) is 0 Å². The van der Waals surface area contributed by atoms with Crippen LogP contribution in [0, 0.1) is 6.92 Å². The van der Waals surface area contributed by atoms with Crippen LogP contribution in [0.25, 0.3) is 0 Å². The standard InChI is InChI=1S/C13H18N4O2S/c1-10-4-5-15-8-13(10)16-20(18,19)12-6-11(7-14-2)17(3)9-12/h4-6,8-9,14,16H,7H2,1-3H3. The van der Waals surface area contributed by atoms with E-state index in [1.54, 1.807) is 29.1 Å². The summed E-state index contributed by atoms with van der Waals surface area (Å²) < 4.78 is 29.1. The zero-order chi connectivity index (χ0) is 14.8. The van der Waals surface area contributed by atoms with Crippen molar-refractivity contribution in [3.63, 3.8) is 0 Å². The predicted octanol–water partition coefficient (Wildman–Crippen LogP) is 1.25. The lowest BCUT2D eigenvalue weighted by Crippen LogP contribution is -2.13. The Labute approximate surface area is 118 Å². The van der Waals surface area contributed by atoms with E-state index in [9.17, 15) is 8.42 Å². The SMILES string of the molecule is CNCc1cc(S(=O)(=O)Nc2cnccc2C)cn1C. The van der Waals surface area contributed by atoms with E-state index < -0.39 is 10.0 Å². The molecule has 2 N–H and O–H groups in total. The second-order valence-corrected chi connectivity index (χ2v) is 6.29. The maximum absolute atomic E-state index is 12.4. The molecule has 0 spiro atoms. The molecule has 0 bridgehead atoms. The summed E-state index contributed by atoms with van der Waals surface area (Å²) in [7, 11) is 0.0439. The number of hydrogen-bond donors (Lipinski definition) is 2. The summed E-state index contributed by atoms with van der Waals surface area (Å²) in [6.45, 7) is 2.44. The lowest BCUT2D eigenvalue weighted by molar-refractivity contribution is 0.601. The Balaban J connectivity index is 2.31. The highest BCUT2D eigenvalue weighted by Gasteiger charge is 2.18. The Morgan fingerprint density at radius 3 is 2.80 bits per heavy atom. The molecule has 0 atom stereocenters. The quantitative estimate of drug-likeness (QED) is 0.870. The van der Waals surface area contributed by atoms with E-state index >= 15 is 0 Å². The molecule has 20 heavy (non-hydrogen) atoms. The third-order valence-electron chi connectivity index (χ3n) is 3.03. The Bertz CT molecular complexity index is 707. The third kappa shape index (κ3) is 3.00. The van der Waals surface area contributed by atoms with Crippen LogP contribution >= 0.6 is 0 Å². The highest BCUT2D eigenvalue weighted by Crippen LogP contribution is 2.19. The largest absolute Gasteiger partial charge is 0.352 e. The number of rotatable bonds is 5. The van der Waals surface area contributed by atoms with Gasteiger partial charge in [0.25, 0.3) is 10.0 Å². The molecule has 0 unspecified atom stereocenters. The molecule has 2 aromatic rings. The van der Waals surface area contributed by atoms with Gasteiger partial charge in [0.1, 0.15) is 4.90 Å². The molecule has 108 valence electrons. The predicted molar refractivity (Wildman–Crippen MR) is 78.0 cm³/mol. The molecule has 0 fully saturated rings. The van der Waals surface area contributed by atoms with E-state index in [4.69, 9.17) is 0 Å². The first-order valence-corrected chi connectivity index (χ1v) is 7.65. The Kier molecular flexibility index (Phi) is 4.10. The van der Waals surface area contributed by atoms with Gasteiger partial charge in [-0.3, -0.25) is 9.71 Å². The van der Waals surface area contributed by atoms with Crippen molar-refractivity contribution < 1.29 is 8.42 Å². The molecular weight excluding hydrogens is 276 g/mol. The van der Waals surface area contributed by atoms with E-state index in [0.29, 0.717) is 12.2 Å². The van der Waals surface area contributed by atoms with Crippen LogP contribution < -0.4 is 10.0 Å². The average Bonchev–Trinajstić information content (AvgIpc) is 2.75. The van der Waals surface area contributed by atoms with Crippen LogP contribution in [-0.2, 0) is 23.6 Å². The molecule has 0 radical (unpaired) electrons. The molecule has 0 saturated heterocycles. The fraction of sp³-hybridized carbons (Fsp3) is 0.308. The summed E-state index contributed by atoms with van der Waals surface area (Å²) in [4.78, 5) is 4.18. The molecule has 2 rings (SSSR count). The fourth-order valence-electron chi connectivity index (χ4n) is 1.86. The van der Waals surface area contributed by atoms with Crippen LogP contribution in [0.2, 0.25) is 0 Å². The molecule has 0 aliphatic heterocycles. The lowest BCUT2D eigenvalue weighted by atomic mass is 10.3. The van der Waals surface area contributed by atoms with Gasteiger partial charge in [-0.2, -0.15) is 0 Å². The fourth-order valence-corrected chi connectivity index (χ4v) is 3.06. The van der Waals surface area contributed by atoms with Gasteiger partial charge >= 0.3 is 0 Å². The molecule has 7 heteroatoms. The summed E-state index contributed by atoms with van der Waals surface area (Å²) >= 11 is 0. The zero-order valence-corrected chi connectivity index (χ0v) is 12.5. The molecule has 0 aliphatic carbocycles. The normalized spacial score (nSPS) is 11.6. The van der Waals surface area contributed by atoms with Crippen molar-refractivity contribution in [1.82, 2.24) is 14.9 Å². The summed E-state index contributed by atoms with van der Waals surface area (Å²) in [6.07, 6.45) is 4.73. The van der Waals surface area contributed by atoms with Gasteiger partial charge in [0.15, 0.2) is 0 Å². The van der Waals surface area contributed by atoms with Crippen LogP contribution in [0.15, 0.2) is 35.6 Å². The van der Waals surface area contributed by atoms with Gasteiger partial charge in [-0.15, -0.1) is 0 Å². The van der Waals surface area contributed by atoms with E-state index in [1.807, 2.05) is 21.0 Å². The van der Waals surface area contributed by atoms with Crippen molar-refractivity contribution in [2.75, 3.05) is 11.8 Å². The van der Waals surface area contributed by atoms with Crippen molar-refractivity contribution >= 4 is 15.7 Å². The maximum atomic E-state index is 12.4. The summed E-state index contributed by atoms with van der Waals surface area (Å²) in [5.74, 6) is 0. The number of nitrogens with zero attached hydrogens (tertiary/aromatic N) is 2. The third-order valence-corrected chi connectivity index (χ3v) is 4.37. The van der Waals surface area contributed by atoms with E-state index in [-0.39, 0.29) is 4.90 Å². The number of sulfonamides is 1. The number of pyridine rings is 1. The monoisotopic (exact) mass is 294 g/mol. The van der Waals surface area contributed by atoms with Gasteiger partial charge in [-0.25, -0.2) is 8.42 Å². The van der Waals surface area contributed by atoms with Crippen molar-refractivity contribution in [2.24, 2.45) is 7.05 Å². The van der Waals surface area contributed by atoms with Crippen LogP contribution in [0.4, 0.5) is 5.69 Å². The van der Waals surface area contributed by atoms with Crippen LogP contribution in [0.3, 0.4) is 0 Å². The second-order valence-electron chi connectivity index (χ2n) is 4.60. The van der Waals surface area contributed by atoms with Crippen LogP contribution in [0.1, 0.15) is 11.3 Å². The molecule has 6 nitrogen and oxygen atoms in total. The summed E-state index contributed by atoms with van der Waals surface area (Å²) in [5.41, 5.74) is 2.22. The number of aryl methyl sites for hydroxylation is 2. The van der Waals surface area contributed by atoms with Gasteiger partial charge in [0.2, 0.25) is 0 Å². The minimum absolute atomic E-state index is 0.244. The van der Waals surface area contributed by atoms with Crippen LogP contribution in [-0.4, -0.2) is 25.0 Å². The first-order chi connectivity index (χ1) is 9.44. The van der Waals surface area contributed by atoms with Crippen molar-refractivity contribution in [3.8, 4) is 0 Å². The first kappa shape index (κ1) is 14.5. The van der Waals surface area contributed by atoms with Crippen molar-refractivity contribution in [1.29, 1.82) is 0 Å². The Morgan fingerprint density at radius 1 is 1.40 bits per heavy atom. The molecule has 0 amide bonds. The van der Waals surface area contributed by atoms with Gasteiger partial charge in [0, 0.05) is 31.7 Å². The summed E-state index contributed by atoms with van der Waals surface area (Å²) in [6, 6.07) is 3.42. The topological polar surface area (TPSA) is 76.0 Å². The number of aromatic nitrogens is 2. The minimum Gasteiger partial charge on any atom is -0.352 e. The van der Waals surface area contributed by atoms with Crippen molar-refractivity contribution in [3.05, 3.63) is 42.0 Å². The molecule has 2 heterocycles. The maximum Gasteiger partial charge on any atom is 0.263 e. The highest BCUT2D eigenvalue weighted by molar-refractivity contribution is 7.92. The van der Waals surface area contributed by atoms with E-state index in [0.717, 1.165) is 11.3 Å². The van der Waals surface area contributed by atoms with E-state index in [1.165, 1.54) is 6.20 Å². The zero-order valence-electron chi connectivity index (χ0n) is 11.7. The first-order valence-electron chi connectivity index (χ1n) is 6.17. The number of anilines is 1. The molecule has 0 aliphatic rings. The van der Waals surface area contributed by atoms with Gasteiger partial charge < -0.3 is 9.88 Å². The van der Waals surface area contributed by atoms with E-state index in [2.05, 4.69) is 15.0 Å². The van der Waals surface area contributed by atoms with Gasteiger partial charge in [-0.05, 0) is 31.7 Å². The number of hydrogen-bond acceptors (Lipinski definition) is 4. The Morgan fingerprint density at radius 2 is 2.15 bits per heavy atom. The molecule has 0 saturated carbocycles. The average molecular weight is 294 g/mol. The lowest BCUT2D eigenvalue weighted by Gasteiger charge is -2.08. The van der Waals surface area contributed by atoms with Gasteiger partial charge in [0.05, 0.1) is 11.9 Å². The minimum atomic E-state index is -3.59. The number of nitrogens with one attached hydrogen (secondary N) is 2. The summed E-state index contributed by atoms with van der Waals surface area (Å²) in [5, 5.41) is 3.00. The second kappa shape index (κ2) is 5.64.